The number of hydrogen-bond donors (Lipinski definition) is 1. The molecule has 1 aromatic rings. The second-order valence-corrected chi connectivity index (χ2v) is 3.37. The first-order chi connectivity index (χ1) is 8.04. The molecule has 0 unspecified atom stereocenters. The molecule has 94 valence electrons. The number of ether oxygens (including phenoxy) is 1. The lowest BCUT2D eigenvalue weighted by atomic mass is 10.2. The zero-order chi connectivity index (χ0) is 12.7. The lowest BCUT2D eigenvalue weighted by Gasteiger charge is -2.08. The van der Waals surface area contributed by atoms with Crippen LogP contribution in [0.2, 0.25) is 0 Å². The van der Waals surface area contributed by atoms with Crippen LogP contribution < -0.4 is 10.1 Å². The molecule has 0 fully saturated rings. The molecule has 5 heteroatoms. The van der Waals surface area contributed by atoms with E-state index in [1.54, 1.807) is 13.1 Å². The van der Waals surface area contributed by atoms with Crippen LogP contribution in [0.5, 0.6) is 5.75 Å². The van der Waals surface area contributed by atoms with E-state index in [2.05, 4.69) is 5.32 Å². The number of benzene rings is 1. The normalized spacial score (nSPS) is 12.0. The molecular formula is C12H14F3NO. The molecule has 0 aliphatic heterocycles. The second kappa shape index (κ2) is 6.30. The summed E-state index contributed by atoms with van der Waals surface area (Å²) in [7, 11) is 1.80. The SMILES string of the molecule is CNCC=CCOc1cccc(C(F)(F)F)c1. The summed E-state index contributed by atoms with van der Waals surface area (Å²) in [6, 6.07) is 4.84. The van der Waals surface area contributed by atoms with Crippen molar-refractivity contribution in [3.05, 3.63) is 42.0 Å². The molecule has 0 radical (unpaired) electrons. The van der Waals surface area contributed by atoms with Gasteiger partial charge in [-0.2, -0.15) is 13.2 Å². The van der Waals surface area contributed by atoms with Gasteiger partial charge in [-0.25, -0.2) is 0 Å². The number of likely N-dealkylation sites (N-methyl/N-ethyl adjacent to an activating group) is 1. The van der Waals surface area contributed by atoms with Crippen molar-refractivity contribution in [2.75, 3.05) is 20.2 Å². The van der Waals surface area contributed by atoms with Crippen molar-refractivity contribution < 1.29 is 17.9 Å². The van der Waals surface area contributed by atoms with Crippen LogP contribution in [-0.2, 0) is 6.18 Å². The third-order valence-electron chi connectivity index (χ3n) is 2.00. The average Bonchev–Trinajstić information content (AvgIpc) is 2.28. The lowest BCUT2D eigenvalue weighted by Crippen LogP contribution is -2.06. The van der Waals surface area contributed by atoms with E-state index in [4.69, 9.17) is 4.74 Å². The van der Waals surface area contributed by atoms with Crippen molar-refractivity contribution in [3.8, 4) is 5.75 Å². The van der Waals surface area contributed by atoms with E-state index in [0.29, 0.717) is 6.54 Å². The second-order valence-electron chi connectivity index (χ2n) is 3.37. The van der Waals surface area contributed by atoms with Gasteiger partial charge in [0.2, 0.25) is 0 Å². The van der Waals surface area contributed by atoms with Gasteiger partial charge in [0.15, 0.2) is 0 Å². The van der Waals surface area contributed by atoms with Gasteiger partial charge in [0.05, 0.1) is 5.56 Å². The van der Waals surface area contributed by atoms with E-state index in [-0.39, 0.29) is 12.4 Å². The molecule has 17 heavy (non-hydrogen) atoms. The van der Waals surface area contributed by atoms with Gasteiger partial charge in [0.25, 0.3) is 0 Å². The van der Waals surface area contributed by atoms with E-state index in [9.17, 15) is 13.2 Å². The number of nitrogens with one attached hydrogen (secondary N) is 1. The highest BCUT2D eigenvalue weighted by atomic mass is 19.4. The van der Waals surface area contributed by atoms with E-state index in [0.717, 1.165) is 12.1 Å². The third kappa shape index (κ3) is 4.91. The molecule has 2 nitrogen and oxygen atoms in total. The Bertz CT molecular complexity index is 374. The Morgan fingerprint density at radius 3 is 2.71 bits per heavy atom. The predicted molar refractivity (Wildman–Crippen MR) is 60.0 cm³/mol. The van der Waals surface area contributed by atoms with Crippen LogP contribution >= 0.6 is 0 Å². The highest BCUT2D eigenvalue weighted by Crippen LogP contribution is 2.31. The summed E-state index contributed by atoms with van der Waals surface area (Å²) in [4.78, 5) is 0. The average molecular weight is 245 g/mol. The van der Waals surface area contributed by atoms with Gasteiger partial charge in [-0.05, 0) is 25.2 Å². The highest BCUT2D eigenvalue weighted by molar-refractivity contribution is 5.30. The first kappa shape index (κ1) is 13.6. The summed E-state index contributed by atoms with van der Waals surface area (Å²) in [6.07, 6.45) is -0.744. The number of halogens is 3. The van der Waals surface area contributed by atoms with Crippen molar-refractivity contribution in [1.82, 2.24) is 5.32 Å². The molecule has 1 rings (SSSR count). The molecule has 0 amide bonds. The van der Waals surface area contributed by atoms with Gasteiger partial charge in [-0.3, -0.25) is 0 Å². The molecule has 0 heterocycles. The molecule has 0 spiro atoms. The van der Waals surface area contributed by atoms with Gasteiger partial charge < -0.3 is 10.1 Å². The molecule has 1 N–H and O–H groups in total. The van der Waals surface area contributed by atoms with Crippen LogP contribution in [-0.4, -0.2) is 20.2 Å². The Morgan fingerprint density at radius 1 is 1.29 bits per heavy atom. The van der Waals surface area contributed by atoms with Crippen molar-refractivity contribution in [1.29, 1.82) is 0 Å². The van der Waals surface area contributed by atoms with Crippen molar-refractivity contribution in [2.45, 2.75) is 6.18 Å². The largest absolute Gasteiger partial charge is 0.490 e. The van der Waals surface area contributed by atoms with Crippen molar-refractivity contribution in [2.24, 2.45) is 0 Å². The van der Waals surface area contributed by atoms with Crippen LogP contribution in [0, 0.1) is 0 Å². The number of alkyl halides is 3. The molecule has 0 atom stereocenters. The first-order valence-corrected chi connectivity index (χ1v) is 5.13. The maximum atomic E-state index is 12.4. The van der Waals surface area contributed by atoms with Crippen LogP contribution in [0.3, 0.4) is 0 Å². The fraction of sp³-hybridized carbons (Fsp3) is 0.333. The Morgan fingerprint density at radius 2 is 2.06 bits per heavy atom. The Balaban J connectivity index is 2.55. The quantitative estimate of drug-likeness (QED) is 0.805. The summed E-state index contributed by atoms with van der Waals surface area (Å²) >= 11 is 0. The topological polar surface area (TPSA) is 21.3 Å². The fourth-order valence-corrected chi connectivity index (χ4v) is 1.18. The molecule has 0 saturated carbocycles. The van der Waals surface area contributed by atoms with Gasteiger partial charge in [-0.15, -0.1) is 0 Å². The molecule has 0 aromatic heterocycles. The molecular weight excluding hydrogens is 231 g/mol. The molecule has 0 aliphatic rings. The number of hydrogen-bond acceptors (Lipinski definition) is 2. The van der Waals surface area contributed by atoms with E-state index >= 15 is 0 Å². The number of rotatable bonds is 5. The molecule has 0 bridgehead atoms. The van der Waals surface area contributed by atoms with E-state index < -0.39 is 11.7 Å². The standard InChI is InChI=1S/C12H14F3NO/c1-16-7-2-3-8-17-11-6-4-5-10(9-11)12(13,14)15/h2-6,9,16H,7-8H2,1H3. The fourth-order valence-electron chi connectivity index (χ4n) is 1.18. The minimum Gasteiger partial charge on any atom is -0.490 e. The highest BCUT2D eigenvalue weighted by Gasteiger charge is 2.30. The van der Waals surface area contributed by atoms with E-state index in [1.807, 2.05) is 6.08 Å². The maximum Gasteiger partial charge on any atom is 0.416 e. The van der Waals surface area contributed by atoms with E-state index in [1.165, 1.54) is 12.1 Å². The first-order valence-electron chi connectivity index (χ1n) is 5.13. The van der Waals surface area contributed by atoms with Crippen LogP contribution in [0.4, 0.5) is 13.2 Å². The van der Waals surface area contributed by atoms with Gasteiger partial charge in [-0.1, -0.05) is 18.2 Å². The molecule has 0 saturated heterocycles. The Hall–Kier alpha value is -1.49. The minimum atomic E-state index is -4.33. The maximum absolute atomic E-state index is 12.4. The Labute approximate surface area is 98.1 Å². The smallest absolute Gasteiger partial charge is 0.416 e. The van der Waals surface area contributed by atoms with Gasteiger partial charge in [0, 0.05) is 6.54 Å². The lowest BCUT2D eigenvalue weighted by molar-refractivity contribution is -0.137. The third-order valence-corrected chi connectivity index (χ3v) is 2.00. The monoisotopic (exact) mass is 245 g/mol. The van der Waals surface area contributed by atoms with Gasteiger partial charge >= 0.3 is 6.18 Å². The summed E-state index contributed by atoms with van der Waals surface area (Å²) in [5, 5.41) is 2.90. The zero-order valence-corrected chi connectivity index (χ0v) is 9.42. The van der Waals surface area contributed by atoms with Crippen molar-refractivity contribution >= 4 is 0 Å². The van der Waals surface area contributed by atoms with Crippen LogP contribution in [0.15, 0.2) is 36.4 Å². The minimum absolute atomic E-state index is 0.217. The van der Waals surface area contributed by atoms with Crippen LogP contribution in [0.25, 0.3) is 0 Å². The van der Waals surface area contributed by atoms with Crippen LogP contribution in [0.1, 0.15) is 5.56 Å². The molecule has 1 aromatic carbocycles. The zero-order valence-electron chi connectivity index (χ0n) is 9.42. The summed E-state index contributed by atoms with van der Waals surface area (Å²) < 4.78 is 42.3. The summed E-state index contributed by atoms with van der Waals surface area (Å²) in [6.45, 7) is 0.953. The summed E-state index contributed by atoms with van der Waals surface area (Å²) in [5.41, 5.74) is -0.700. The summed E-state index contributed by atoms with van der Waals surface area (Å²) in [5.74, 6) is 0.217. The van der Waals surface area contributed by atoms with Crippen molar-refractivity contribution in [3.63, 3.8) is 0 Å². The predicted octanol–water partition coefficient (Wildman–Crippen LogP) is 2.86. The molecule has 0 aliphatic carbocycles. The Kier molecular flexibility index (Phi) is 5.03. The van der Waals surface area contributed by atoms with Gasteiger partial charge in [0.1, 0.15) is 12.4 Å².